The maximum absolute atomic E-state index is 11.4. The van der Waals surface area contributed by atoms with Crippen molar-refractivity contribution < 1.29 is 9.53 Å². The van der Waals surface area contributed by atoms with Gasteiger partial charge in [0.25, 0.3) is 0 Å². The number of esters is 1. The van der Waals surface area contributed by atoms with E-state index in [0.717, 1.165) is 11.4 Å². The van der Waals surface area contributed by atoms with Gasteiger partial charge in [0.15, 0.2) is 5.65 Å². The van der Waals surface area contributed by atoms with Crippen molar-refractivity contribution in [3.8, 4) is 0 Å². The average Bonchev–Trinajstić information content (AvgIpc) is 2.61. The van der Waals surface area contributed by atoms with E-state index in [1.807, 2.05) is 18.2 Å². The van der Waals surface area contributed by atoms with Crippen LogP contribution in [0.4, 0.5) is 0 Å². The minimum absolute atomic E-state index is 0.351. The third kappa shape index (κ3) is 1.36. The molecule has 0 atom stereocenters. The average molecular weight is 205 g/mol. The molecule has 78 valence electrons. The van der Waals surface area contributed by atoms with Crippen molar-refractivity contribution in [2.45, 2.75) is 13.8 Å². The molecule has 2 aromatic rings. The summed E-state index contributed by atoms with van der Waals surface area (Å²) in [5.74, 6) is 0.445. The fraction of sp³-hybridized carbons (Fsp3) is 0.300. The van der Waals surface area contributed by atoms with Gasteiger partial charge in [-0.2, -0.15) is 0 Å². The topological polar surface area (TPSA) is 56.5 Å². The highest BCUT2D eigenvalue weighted by Crippen LogP contribution is 2.15. The lowest BCUT2D eigenvalue weighted by molar-refractivity contribution is 0.0600. The SMILES string of the molecule is COC(=O)c1ccn2c(C)nnc2c1C. The van der Waals surface area contributed by atoms with E-state index in [9.17, 15) is 4.79 Å². The number of methoxy groups -OCH3 is 1. The zero-order chi connectivity index (χ0) is 11.0. The third-order valence-electron chi connectivity index (χ3n) is 2.40. The van der Waals surface area contributed by atoms with Gasteiger partial charge in [-0.05, 0) is 19.9 Å². The van der Waals surface area contributed by atoms with Crippen LogP contribution < -0.4 is 0 Å². The van der Waals surface area contributed by atoms with E-state index in [-0.39, 0.29) is 5.97 Å². The summed E-state index contributed by atoms with van der Waals surface area (Å²) in [5.41, 5.74) is 2.00. The summed E-state index contributed by atoms with van der Waals surface area (Å²) in [5, 5.41) is 7.94. The molecule has 2 aromatic heterocycles. The first-order chi connectivity index (χ1) is 7.15. The molecule has 2 rings (SSSR count). The third-order valence-corrected chi connectivity index (χ3v) is 2.40. The molecule has 0 N–H and O–H groups in total. The minimum Gasteiger partial charge on any atom is -0.465 e. The summed E-state index contributed by atoms with van der Waals surface area (Å²) in [6.07, 6.45) is 1.77. The quantitative estimate of drug-likeness (QED) is 0.655. The Morgan fingerprint density at radius 2 is 2.13 bits per heavy atom. The molecule has 0 aliphatic heterocycles. The van der Waals surface area contributed by atoms with E-state index in [1.165, 1.54) is 7.11 Å². The maximum atomic E-state index is 11.4. The van der Waals surface area contributed by atoms with Crippen molar-refractivity contribution in [2.24, 2.45) is 0 Å². The normalized spacial score (nSPS) is 10.6. The first-order valence-corrected chi connectivity index (χ1v) is 4.54. The Kier molecular flexibility index (Phi) is 2.15. The summed E-state index contributed by atoms with van der Waals surface area (Å²) >= 11 is 0. The molecule has 0 fully saturated rings. The summed E-state index contributed by atoms with van der Waals surface area (Å²) in [7, 11) is 1.36. The highest BCUT2D eigenvalue weighted by molar-refractivity contribution is 5.92. The molecule has 5 heteroatoms. The van der Waals surface area contributed by atoms with E-state index < -0.39 is 0 Å². The number of hydrogen-bond donors (Lipinski definition) is 0. The second-order valence-electron chi connectivity index (χ2n) is 3.29. The van der Waals surface area contributed by atoms with E-state index in [1.54, 1.807) is 12.3 Å². The summed E-state index contributed by atoms with van der Waals surface area (Å²) in [6.45, 7) is 3.69. The highest BCUT2D eigenvalue weighted by Gasteiger charge is 2.13. The van der Waals surface area contributed by atoms with Crippen molar-refractivity contribution in [3.05, 3.63) is 29.2 Å². The molecule has 0 amide bonds. The Bertz CT molecular complexity index is 531. The number of nitrogens with zero attached hydrogens (tertiary/aromatic N) is 3. The Balaban J connectivity index is 2.71. The second kappa shape index (κ2) is 3.34. The summed E-state index contributed by atoms with van der Waals surface area (Å²) in [6, 6.07) is 1.71. The van der Waals surface area contributed by atoms with Crippen LogP contribution in [0.5, 0.6) is 0 Å². The molecular formula is C10H11N3O2. The van der Waals surface area contributed by atoms with Crippen molar-refractivity contribution in [2.75, 3.05) is 7.11 Å². The molecule has 0 saturated carbocycles. The molecule has 0 aromatic carbocycles. The minimum atomic E-state index is -0.351. The number of carbonyl (C=O) groups is 1. The Morgan fingerprint density at radius 3 is 2.80 bits per heavy atom. The number of fused-ring (bicyclic) bond motifs is 1. The largest absolute Gasteiger partial charge is 0.465 e. The van der Waals surface area contributed by atoms with Crippen LogP contribution in [0, 0.1) is 13.8 Å². The molecule has 0 bridgehead atoms. The van der Waals surface area contributed by atoms with Gasteiger partial charge in [-0.1, -0.05) is 0 Å². The number of ether oxygens (including phenoxy) is 1. The first-order valence-electron chi connectivity index (χ1n) is 4.54. The predicted molar refractivity (Wildman–Crippen MR) is 53.8 cm³/mol. The second-order valence-corrected chi connectivity index (χ2v) is 3.29. The van der Waals surface area contributed by atoms with E-state index in [4.69, 9.17) is 0 Å². The van der Waals surface area contributed by atoms with Crippen molar-refractivity contribution >= 4 is 11.6 Å². The predicted octanol–water partition coefficient (Wildman–Crippen LogP) is 1.13. The number of aromatic nitrogens is 3. The lowest BCUT2D eigenvalue weighted by atomic mass is 10.1. The molecule has 0 saturated heterocycles. The number of pyridine rings is 1. The van der Waals surface area contributed by atoms with Crippen molar-refractivity contribution in [3.63, 3.8) is 0 Å². The standard InChI is InChI=1S/C10H11N3O2/c1-6-8(10(14)15-3)4-5-13-7(2)11-12-9(6)13/h4-5H,1-3H3. The van der Waals surface area contributed by atoms with E-state index in [2.05, 4.69) is 14.9 Å². The fourth-order valence-electron chi connectivity index (χ4n) is 1.53. The van der Waals surface area contributed by atoms with Gasteiger partial charge < -0.3 is 4.74 Å². The first kappa shape index (κ1) is 9.64. The smallest absolute Gasteiger partial charge is 0.338 e. The van der Waals surface area contributed by atoms with Crippen LogP contribution in [0.1, 0.15) is 21.7 Å². The van der Waals surface area contributed by atoms with Crippen LogP contribution in [0.25, 0.3) is 5.65 Å². The highest BCUT2D eigenvalue weighted by atomic mass is 16.5. The van der Waals surface area contributed by atoms with Crippen LogP contribution in [0.15, 0.2) is 12.3 Å². The van der Waals surface area contributed by atoms with Gasteiger partial charge in [-0.25, -0.2) is 4.79 Å². The number of hydrogen-bond acceptors (Lipinski definition) is 4. The van der Waals surface area contributed by atoms with E-state index >= 15 is 0 Å². The molecule has 15 heavy (non-hydrogen) atoms. The van der Waals surface area contributed by atoms with Gasteiger partial charge in [0.1, 0.15) is 5.82 Å². The molecule has 0 radical (unpaired) electrons. The lowest BCUT2D eigenvalue weighted by Gasteiger charge is -2.04. The molecule has 5 nitrogen and oxygen atoms in total. The Hall–Kier alpha value is -1.91. The monoisotopic (exact) mass is 205 g/mol. The maximum Gasteiger partial charge on any atom is 0.338 e. The molecule has 0 aliphatic rings. The molecular weight excluding hydrogens is 194 g/mol. The number of aryl methyl sites for hydroxylation is 2. The van der Waals surface area contributed by atoms with Gasteiger partial charge in [-0.15, -0.1) is 10.2 Å². The molecule has 0 unspecified atom stereocenters. The zero-order valence-corrected chi connectivity index (χ0v) is 8.81. The van der Waals surface area contributed by atoms with E-state index in [0.29, 0.717) is 11.2 Å². The number of rotatable bonds is 1. The van der Waals surface area contributed by atoms with Gasteiger partial charge in [-0.3, -0.25) is 4.40 Å². The molecule has 2 heterocycles. The number of carbonyl (C=O) groups excluding carboxylic acids is 1. The fourth-order valence-corrected chi connectivity index (χ4v) is 1.53. The Morgan fingerprint density at radius 1 is 1.40 bits per heavy atom. The van der Waals surface area contributed by atoms with Gasteiger partial charge in [0, 0.05) is 11.8 Å². The van der Waals surface area contributed by atoms with Gasteiger partial charge in [0.05, 0.1) is 12.7 Å². The van der Waals surface area contributed by atoms with Crippen LogP contribution in [0.3, 0.4) is 0 Å². The Labute approximate surface area is 86.7 Å². The van der Waals surface area contributed by atoms with Crippen LogP contribution >= 0.6 is 0 Å². The summed E-state index contributed by atoms with van der Waals surface area (Å²) < 4.78 is 6.51. The zero-order valence-electron chi connectivity index (χ0n) is 8.81. The van der Waals surface area contributed by atoms with Crippen molar-refractivity contribution in [1.29, 1.82) is 0 Å². The van der Waals surface area contributed by atoms with Gasteiger partial charge in [0.2, 0.25) is 0 Å². The van der Waals surface area contributed by atoms with Crippen LogP contribution in [-0.4, -0.2) is 27.7 Å². The van der Waals surface area contributed by atoms with Crippen molar-refractivity contribution in [1.82, 2.24) is 14.6 Å². The van der Waals surface area contributed by atoms with Crippen LogP contribution in [0.2, 0.25) is 0 Å². The summed E-state index contributed by atoms with van der Waals surface area (Å²) in [4.78, 5) is 11.4. The van der Waals surface area contributed by atoms with Crippen LogP contribution in [-0.2, 0) is 4.74 Å². The lowest BCUT2D eigenvalue weighted by Crippen LogP contribution is -2.05. The van der Waals surface area contributed by atoms with Gasteiger partial charge >= 0.3 is 5.97 Å². The molecule has 0 spiro atoms. The molecule has 0 aliphatic carbocycles.